The molecule has 0 aliphatic rings. The Kier molecular flexibility index (Phi) is 5.98. The van der Waals surface area contributed by atoms with Crippen LogP contribution in [0.25, 0.3) is 0 Å². The van der Waals surface area contributed by atoms with Gasteiger partial charge < -0.3 is 10.1 Å². The summed E-state index contributed by atoms with van der Waals surface area (Å²) in [5.74, 6) is -1.18. The Morgan fingerprint density at radius 3 is 2.74 bits per heavy atom. The summed E-state index contributed by atoms with van der Waals surface area (Å²) in [6, 6.07) is 6.39. The molecule has 0 spiro atoms. The molecule has 1 unspecified atom stereocenters. The van der Waals surface area contributed by atoms with E-state index in [9.17, 15) is 9.59 Å². The van der Waals surface area contributed by atoms with Gasteiger partial charge in [0, 0.05) is 16.9 Å². The van der Waals surface area contributed by atoms with E-state index in [1.54, 1.807) is 24.3 Å². The maximum atomic E-state index is 12.1. The standard InChI is InChI=1S/C15H11BrCl2N2O3/c1-8(23-15(22)9-5-10(16)7-19-6-9)14(21)20-12-4-2-3-11(17)13(12)18/h2-8H,1H3,(H,20,21). The summed E-state index contributed by atoms with van der Waals surface area (Å²) in [4.78, 5) is 27.9. The zero-order chi connectivity index (χ0) is 17.0. The van der Waals surface area contributed by atoms with Crippen molar-refractivity contribution in [2.75, 3.05) is 5.32 Å². The molecule has 120 valence electrons. The van der Waals surface area contributed by atoms with Crippen molar-refractivity contribution in [3.8, 4) is 0 Å². The number of aromatic nitrogens is 1. The van der Waals surface area contributed by atoms with E-state index >= 15 is 0 Å². The van der Waals surface area contributed by atoms with E-state index in [-0.39, 0.29) is 10.6 Å². The van der Waals surface area contributed by atoms with Gasteiger partial charge in [-0.05, 0) is 41.1 Å². The third-order valence-electron chi connectivity index (χ3n) is 2.80. The number of esters is 1. The fraction of sp³-hybridized carbons (Fsp3) is 0.133. The predicted molar refractivity (Wildman–Crippen MR) is 91.9 cm³/mol. The van der Waals surface area contributed by atoms with Gasteiger partial charge in [0.25, 0.3) is 5.91 Å². The molecule has 1 atom stereocenters. The van der Waals surface area contributed by atoms with Crippen molar-refractivity contribution < 1.29 is 14.3 Å². The van der Waals surface area contributed by atoms with Crippen LogP contribution in [0.15, 0.2) is 41.1 Å². The van der Waals surface area contributed by atoms with Gasteiger partial charge in [-0.1, -0.05) is 29.3 Å². The number of amides is 1. The minimum atomic E-state index is -1.02. The lowest BCUT2D eigenvalue weighted by molar-refractivity contribution is -0.123. The molecule has 0 saturated carbocycles. The minimum absolute atomic E-state index is 0.220. The molecule has 1 N–H and O–H groups in total. The number of nitrogens with zero attached hydrogens (tertiary/aromatic N) is 1. The molecule has 1 heterocycles. The number of carbonyl (C=O) groups excluding carboxylic acids is 2. The minimum Gasteiger partial charge on any atom is -0.449 e. The lowest BCUT2D eigenvalue weighted by Gasteiger charge is -2.14. The van der Waals surface area contributed by atoms with Crippen molar-refractivity contribution in [2.24, 2.45) is 0 Å². The van der Waals surface area contributed by atoms with Crippen LogP contribution in [-0.2, 0) is 9.53 Å². The second kappa shape index (κ2) is 7.77. The number of carbonyl (C=O) groups is 2. The number of pyridine rings is 1. The van der Waals surface area contributed by atoms with Gasteiger partial charge in [-0.25, -0.2) is 4.79 Å². The first-order chi connectivity index (χ1) is 10.9. The summed E-state index contributed by atoms with van der Waals surface area (Å²) in [5, 5.41) is 3.10. The largest absolute Gasteiger partial charge is 0.449 e. The number of nitrogens with one attached hydrogen (secondary N) is 1. The Labute approximate surface area is 151 Å². The molecule has 0 bridgehead atoms. The molecule has 5 nitrogen and oxygen atoms in total. The summed E-state index contributed by atoms with van der Waals surface area (Å²) >= 11 is 15.1. The smallest absolute Gasteiger partial charge is 0.340 e. The molecule has 0 radical (unpaired) electrons. The zero-order valence-electron chi connectivity index (χ0n) is 11.8. The number of anilines is 1. The summed E-state index contributed by atoms with van der Waals surface area (Å²) in [6.45, 7) is 1.46. The molecule has 1 amide bonds. The Balaban J connectivity index is 2.02. The maximum absolute atomic E-state index is 12.1. The van der Waals surface area contributed by atoms with Crippen molar-refractivity contribution in [3.63, 3.8) is 0 Å². The average Bonchev–Trinajstić information content (AvgIpc) is 2.51. The van der Waals surface area contributed by atoms with Crippen molar-refractivity contribution in [1.82, 2.24) is 4.98 Å². The van der Waals surface area contributed by atoms with Gasteiger partial charge in [-0.3, -0.25) is 9.78 Å². The molecule has 1 aromatic heterocycles. The number of halogens is 3. The number of rotatable bonds is 4. The molecular weight excluding hydrogens is 407 g/mol. The first kappa shape index (κ1) is 17.7. The van der Waals surface area contributed by atoms with Crippen LogP contribution in [0.2, 0.25) is 10.0 Å². The van der Waals surface area contributed by atoms with E-state index in [2.05, 4.69) is 26.2 Å². The van der Waals surface area contributed by atoms with Gasteiger partial charge in [-0.15, -0.1) is 0 Å². The SMILES string of the molecule is CC(OC(=O)c1cncc(Br)c1)C(=O)Nc1cccc(Cl)c1Cl. The van der Waals surface area contributed by atoms with Crippen molar-refractivity contribution in [1.29, 1.82) is 0 Å². The van der Waals surface area contributed by atoms with Crippen LogP contribution >= 0.6 is 39.1 Å². The van der Waals surface area contributed by atoms with E-state index in [4.69, 9.17) is 27.9 Å². The predicted octanol–water partition coefficient (Wildman–Crippen LogP) is 4.33. The molecule has 0 fully saturated rings. The van der Waals surface area contributed by atoms with Gasteiger partial charge in [0.2, 0.25) is 0 Å². The fourth-order valence-corrected chi connectivity index (χ4v) is 2.35. The van der Waals surface area contributed by atoms with E-state index in [0.29, 0.717) is 15.2 Å². The Bertz CT molecular complexity index is 755. The van der Waals surface area contributed by atoms with Crippen LogP contribution in [0.1, 0.15) is 17.3 Å². The van der Waals surface area contributed by atoms with Crippen molar-refractivity contribution in [2.45, 2.75) is 13.0 Å². The van der Waals surface area contributed by atoms with Gasteiger partial charge in [0.05, 0.1) is 21.3 Å². The molecule has 23 heavy (non-hydrogen) atoms. The Morgan fingerprint density at radius 1 is 1.30 bits per heavy atom. The Hall–Kier alpha value is -1.63. The number of hydrogen-bond donors (Lipinski definition) is 1. The maximum Gasteiger partial charge on any atom is 0.340 e. The van der Waals surface area contributed by atoms with E-state index in [0.717, 1.165) is 0 Å². The van der Waals surface area contributed by atoms with Crippen LogP contribution in [0.3, 0.4) is 0 Å². The average molecular weight is 418 g/mol. The van der Waals surface area contributed by atoms with Crippen LogP contribution in [0.5, 0.6) is 0 Å². The summed E-state index contributed by atoms with van der Waals surface area (Å²) in [5.41, 5.74) is 0.580. The normalized spacial score (nSPS) is 11.7. The number of ether oxygens (including phenoxy) is 1. The van der Waals surface area contributed by atoms with Gasteiger partial charge in [0.15, 0.2) is 6.10 Å². The molecule has 8 heteroatoms. The third kappa shape index (κ3) is 4.67. The Morgan fingerprint density at radius 2 is 2.04 bits per heavy atom. The molecule has 0 saturated heterocycles. The van der Waals surface area contributed by atoms with Crippen LogP contribution in [0.4, 0.5) is 5.69 Å². The molecule has 0 aliphatic carbocycles. The first-order valence-electron chi connectivity index (χ1n) is 6.45. The molecule has 2 aromatic rings. The highest BCUT2D eigenvalue weighted by Crippen LogP contribution is 2.29. The topological polar surface area (TPSA) is 68.3 Å². The second-order valence-corrected chi connectivity index (χ2v) is 6.23. The summed E-state index contributed by atoms with van der Waals surface area (Å²) in [6.07, 6.45) is 1.87. The van der Waals surface area contributed by atoms with Crippen molar-refractivity contribution >= 4 is 56.7 Å². The van der Waals surface area contributed by atoms with Gasteiger partial charge in [-0.2, -0.15) is 0 Å². The highest BCUT2D eigenvalue weighted by atomic mass is 79.9. The third-order valence-corrected chi connectivity index (χ3v) is 4.06. The highest BCUT2D eigenvalue weighted by Gasteiger charge is 2.20. The zero-order valence-corrected chi connectivity index (χ0v) is 14.9. The van der Waals surface area contributed by atoms with Gasteiger partial charge in [0.1, 0.15) is 0 Å². The first-order valence-corrected chi connectivity index (χ1v) is 8.00. The van der Waals surface area contributed by atoms with E-state index < -0.39 is 18.0 Å². The fourth-order valence-electron chi connectivity index (χ4n) is 1.64. The number of benzene rings is 1. The van der Waals surface area contributed by atoms with E-state index in [1.807, 2.05) is 0 Å². The molecule has 1 aromatic carbocycles. The summed E-state index contributed by atoms with van der Waals surface area (Å²) in [7, 11) is 0. The van der Waals surface area contributed by atoms with Crippen LogP contribution < -0.4 is 5.32 Å². The molecule has 2 rings (SSSR count). The highest BCUT2D eigenvalue weighted by molar-refractivity contribution is 9.10. The quantitative estimate of drug-likeness (QED) is 0.751. The number of hydrogen-bond acceptors (Lipinski definition) is 4. The van der Waals surface area contributed by atoms with Crippen LogP contribution in [-0.4, -0.2) is 23.0 Å². The van der Waals surface area contributed by atoms with Crippen LogP contribution in [0, 0.1) is 0 Å². The van der Waals surface area contributed by atoms with Gasteiger partial charge >= 0.3 is 5.97 Å². The second-order valence-electron chi connectivity index (χ2n) is 4.53. The lowest BCUT2D eigenvalue weighted by atomic mass is 10.2. The summed E-state index contributed by atoms with van der Waals surface area (Å²) < 4.78 is 5.74. The molecule has 0 aliphatic heterocycles. The lowest BCUT2D eigenvalue weighted by Crippen LogP contribution is -2.30. The van der Waals surface area contributed by atoms with E-state index in [1.165, 1.54) is 19.3 Å². The molecular formula is C15H11BrCl2N2O3. The monoisotopic (exact) mass is 416 g/mol. The van der Waals surface area contributed by atoms with Crippen molar-refractivity contribution in [3.05, 3.63) is 56.7 Å².